The van der Waals surface area contributed by atoms with Crippen LogP contribution in [0, 0.1) is 5.41 Å². The number of hydrogen-bond donors (Lipinski definition) is 0. The molecule has 2 aromatic rings. The molecule has 0 bridgehead atoms. The number of benzene rings is 2. The number of fused-ring (bicyclic) bond motifs is 1. The van der Waals surface area contributed by atoms with Gasteiger partial charge in [0.15, 0.2) is 0 Å². The second-order valence-electron chi connectivity index (χ2n) is 8.77. The molecule has 0 radical (unpaired) electrons. The van der Waals surface area contributed by atoms with Gasteiger partial charge in [-0.1, -0.05) is 95.7 Å². The van der Waals surface area contributed by atoms with E-state index in [1.807, 2.05) is 0 Å². The Morgan fingerprint density at radius 2 is 1.35 bits per heavy atom. The van der Waals surface area contributed by atoms with E-state index in [0.29, 0.717) is 0 Å². The molecule has 0 atom stereocenters. The van der Waals surface area contributed by atoms with Crippen LogP contribution in [0.3, 0.4) is 0 Å². The van der Waals surface area contributed by atoms with E-state index in [4.69, 9.17) is 0 Å². The molecule has 0 saturated carbocycles. The topological polar surface area (TPSA) is 0 Å². The fourth-order valence-electron chi connectivity index (χ4n) is 3.46. The first-order chi connectivity index (χ1) is 10.7. The maximum Gasteiger partial charge on any atom is -0.00523 e. The van der Waals surface area contributed by atoms with Crippen LogP contribution in [0.15, 0.2) is 48.0 Å². The normalized spacial score (nSPS) is 14.6. The van der Waals surface area contributed by atoms with Crippen LogP contribution in [0.25, 0.3) is 17.2 Å². The van der Waals surface area contributed by atoms with Crippen LogP contribution in [-0.4, -0.2) is 0 Å². The third kappa shape index (κ3) is 3.00. The van der Waals surface area contributed by atoms with Crippen molar-refractivity contribution in [1.29, 1.82) is 0 Å². The molecule has 0 unspecified atom stereocenters. The van der Waals surface area contributed by atoms with Gasteiger partial charge in [-0.3, -0.25) is 0 Å². The minimum absolute atomic E-state index is 0.147. The summed E-state index contributed by atoms with van der Waals surface area (Å²) in [5.41, 5.74) is 8.99. The lowest BCUT2D eigenvalue weighted by molar-refractivity contribution is 0.498. The molecule has 2 aromatic carbocycles. The highest BCUT2D eigenvalue weighted by molar-refractivity contribution is 5.83. The third-order valence-corrected chi connectivity index (χ3v) is 4.88. The van der Waals surface area contributed by atoms with Gasteiger partial charge in [0, 0.05) is 0 Å². The van der Waals surface area contributed by atoms with Gasteiger partial charge in [0.25, 0.3) is 0 Å². The van der Waals surface area contributed by atoms with Crippen LogP contribution in [0.2, 0.25) is 0 Å². The second kappa shape index (κ2) is 5.37. The average molecular weight is 304 g/mol. The van der Waals surface area contributed by atoms with E-state index in [0.717, 1.165) is 6.42 Å². The molecule has 1 aliphatic rings. The van der Waals surface area contributed by atoms with Crippen LogP contribution in [-0.2, 0) is 11.8 Å². The maximum atomic E-state index is 2.43. The summed E-state index contributed by atoms with van der Waals surface area (Å²) in [6.07, 6.45) is 3.52. The molecule has 0 saturated heterocycles. The summed E-state index contributed by atoms with van der Waals surface area (Å²) in [4.78, 5) is 0. The van der Waals surface area contributed by atoms with Gasteiger partial charge in [-0.05, 0) is 45.1 Å². The second-order valence-corrected chi connectivity index (χ2v) is 8.77. The summed E-state index contributed by atoms with van der Waals surface area (Å²) in [7, 11) is 0. The molecule has 23 heavy (non-hydrogen) atoms. The zero-order valence-corrected chi connectivity index (χ0v) is 15.3. The summed E-state index contributed by atoms with van der Waals surface area (Å²) in [6, 6.07) is 15.7. The Hall–Kier alpha value is -1.82. The van der Waals surface area contributed by atoms with Crippen molar-refractivity contribution in [1.82, 2.24) is 0 Å². The van der Waals surface area contributed by atoms with E-state index in [1.54, 1.807) is 0 Å². The van der Waals surface area contributed by atoms with Crippen molar-refractivity contribution in [3.05, 3.63) is 64.7 Å². The standard InChI is InChI=1S/C23H28/c1-22(2,3)17-14-16-10-9-12-18(20(16)15-17)19-11-7-8-13-21(19)23(4,5)6/h7-13,15H,14H2,1-6H3. The molecule has 120 valence electrons. The van der Waals surface area contributed by atoms with Crippen molar-refractivity contribution in [2.24, 2.45) is 5.41 Å². The molecule has 0 nitrogen and oxygen atoms in total. The predicted octanol–water partition coefficient (Wildman–Crippen LogP) is 6.64. The molecule has 0 aliphatic heterocycles. The van der Waals surface area contributed by atoms with Crippen molar-refractivity contribution < 1.29 is 0 Å². The lowest BCUT2D eigenvalue weighted by Gasteiger charge is -2.24. The summed E-state index contributed by atoms with van der Waals surface area (Å²) in [6.45, 7) is 13.8. The van der Waals surface area contributed by atoms with E-state index >= 15 is 0 Å². The minimum Gasteiger partial charge on any atom is -0.0619 e. The van der Waals surface area contributed by atoms with Crippen molar-refractivity contribution in [3.63, 3.8) is 0 Å². The van der Waals surface area contributed by atoms with Crippen LogP contribution in [0.1, 0.15) is 58.2 Å². The molecule has 3 rings (SSSR count). The Morgan fingerprint density at radius 1 is 0.696 bits per heavy atom. The SMILES string of the molecule is CC(C)(C)C1=Cc2c(cccc2-c2ccccc2C(C)(C)C)C1. The quantitative estimate of drug-likeness (QED) is 0.554. The first-order valence-corrected chi connectivity index (χ1v) is 8.61. The average Bonchev–Trinajstić information content (AvgIpc) is 2.90. The summed E-state index contributed by atoms with van der Waals surface area (Å²) >= 11 is 0. The summed E-state index contributed by atoms with van der Waals surface area (Å²) in [5, 5.41) is 0. The van der Waals surface area contributed by atoms with Gasteiger partial charge in [-0.25, -0.2) is 0 Å². The number of rotatable bonds is 1. The molecular weight excluding hydrogens is 276 g/mol. The molecule has 0 heterocycles. The highest BCUT2D eigenvalue weighted by atomic mass is 14.3. The lowest BCUT2D eigenvalue weighted by Crippen LogP contribution is -2.12. The number of allylic oxidation sites excluding steroid dienone is 1. The van der Waals surface area contributed by atoms with Crippen molar-refractivity contribution in [2.75, 3.05) is 0 Å². The smallest absolute Gasteiger partial charge is 0.00523 e. The first kappa shape index (κ1) is 16.1. The Labute approximate surface area is 141 Å². The summed E-state index contributed by atoms with van der Waals surface area (Å²) in [5.74, 6) is 0. The van der Waals surface area contributed by atoms with Crippen LogP contribution < -0.4 is 0 Å². The molecule has 0 N–H and O–H groups in total. The van der Waals surface area contributed by atoms with Crippen molar-refractivity contribution in [3.8, 4) is 11.1 Å². The van der Waals surface area contributed by atoms with E-state index in [-0.39, 0.29) is 10.8 Å². The Bertz CT molecular complexity index is 761. The highest BCUT2D eigenvalue weighted by Crippen LogP contribution is 2.42. The monoisotopic (exact) mass is 304 g/mol. The van der Waals surface area contributed by atoms with Crippen molar-refractivity contribution >= 4 is 6.08 Å². The lowest BCUT2D eigenvalue weighted by atomic mass is 9.81. The molecule has 0 spiro atoms. The Morgan fingerprint density at radius 3 is 2.00 bits per heavy atom. The first-order valence-electron chi connectivity index (χ1n) is 8.61. The van der Waals surface area contributed by atoms with E-state index in [2.05, 4.69) is 90.1 Å². The van der Waals surface area contributed by atoms with Crippen LogP contribution in [0.4, 0.5) is 0 Å². The van der Waals surface area contributed by atoms with Gasteiger partial charge < -0.3 is 0 Å². The van der Waals surface area contributed by atoms with Gasteiger partial charge >= 0.3 is 0 Å². The van der Waals surface area contributed by atoms with Gasteiger partial charge in [0.05, 0.1) is 0 Å². The molecule has 1 aliphatic carbocycles. The molecular formula is C23H28. The predicted molar refractivity (Wildman–Crippen MR) is 102 cm³/mol. The largest absolute Gasteiger partial charge is 0.0619 e. The highest BCUT2D eigenvalue weighted by Gasteiger charge is 2.26. The van der Waals surface area contributed by atoms with Gasteiger partial charge in [0.2, 0.25) is 0 Å². The third-order valence-electron chi connectivity index (χ3n) is 4.88. The van der Waals surface area contributed by atoms with E-state index in [1.165, 1.54) is 33.4 Å². The Balaban J connectivity index is 2.19. The van der Waals surface area contributed by atoms with Gasteiger partial charge in [0.1, 0.15) is 0 Å². The summed E-state index contributed by atoms with van der Waals surface area (Å²) < 4.78 is 0. The molecule has 0 heteroatoms. The van der Waals surface area contributed by atoms with E-state index in [9.17, 15) is 0 Å². The molecule has 0 aromatic heterocycles. The van der Waals surface area contributed by atoms with Crippen LogP contribution >= 0.6 is 0 Å². The van der Waals surface area contributed by atoms with Gasteiger partial charge in [-0.2, -0.15) is 0 Å². The molecule has 0 fully saturated rings. The Kier molecular flexibility index (Phi) is 3.75. The van der Waals surface area contributed by atoms with E-state index < -0.39 is 0 Å². The van der Waals surface area contributed by atoms with Gasteiger partial charge in [-0.15, -0.1) is 0 Å². The fraction of sp³-hybridized carbons (Fsp3) is 0.391. The zero-order chi connectivity index (χ0) is 16.8. The zero-order valence-electron chi connectivity index (χ0n) is 15.3. The maximum absolute atomic E-state index is 2.43. The van der Waals surface area contributed by atoms with Crippen molar-refractivity contribution in [2.45, 2.75) is 53.4 Å². The number of hydrogen-bond acceptors (Lipinski definition) is 0. The molecule has 0 amide bonds. The van der Waals surface area contributed by atoms with Crippen LogP contribution in [0.5, 0.6) is 0 Å². The fourth-order valence-corrected chi connectivity index (χ4v) is 3.46. The minimum atomic E-state index is 0.147.